The van der Waals surface area contributed by atoms with Crippen LogP contribution in [0, 0.1) is 6.92 Å². The van der Waals surface area contributed by atoms with Crippen molar-refractivity contribution in [1.29, 1.82) is 0 Å². The molecule has 2 N–H and O–H groups in total. The zero-order valence-electron chi connectivity index (χ0n) is 12.7. The second-order valence-electron chi connectivity index (χ2n) is 5.79. The van der Waals surface area contributed by atoms with Crippen LogP contribution in [0.1, 0.15) is 17.8 Å². The Labute approximate surface area is 129 Å². The molecule has 0 spiro atoms. The minimum Gasteiger partial charge on any atom is -0.354 e. The van der Waals surface area contributed by atoms with E-state index in [2.05, 4.69) is 21.4 Å². The molecule has 22 heavy (non-hydrogen) atoms. The van der Waals surface area contributed by atoms with Crippen LogP contribution in [0.25, 0.3) is 10.9 Å². The van der Waals surface area contributed by atoms with Crippen molar-refractivity contribution in [1.82, 2.24) is 9.97 Å². The number of rotatable bonds is 4. The van der Waals surface area contributed by atoms with Crippen LogP contribution in [-0.4, -0.2) is 34.9 Å². The lowest BCUT2D eigenvalue weighted by atomic mass is 10.1. The summed E-state index contributed by atoms with van der Waals surface area (Å²) in [4.78, 5) is 22.9. The summed E-state index contributed by atoms with van der Waals surface area (Å²) in [6, 6.07) is 6.13. The molecule has 5 nitrogen and oxygen atoms in total. The number of nitrogens with two attached hydrogens (primary N) is 1. The molecule has 1 aromatic carbocycles. The van der Waals surface area contributed by atoms with E-state index in [-0.39, 0.29) is 11.8 Å². The Kier molecular flexibility index (Phi) is 3.90. The summed E-state index contributed by atoms with van der Waals surface area (Å²) in [5.41, 5.74) is 7.82. The number of hydrogen-bond donors (Lipinski definition) is 1. The van der Waals surface area contributed by atoms with Crippen molar-refractivity contribution in [3.8, 4) is 0 Å². The number of carbonyl (C=O) groups excluding carboxylic acids is 1. The summed E-state index contributed by atoms with van der Waals surface area (Å²) in [5, 5.41) is 1.01. The molecule has 0 saturated carbocycles. The van der Waals surface area contributed by atoms with Gasteiger partial charge in [-0.2, -0.15) is 0 Å². The standard InChI is InChI=1S/C17H20N4O/c1-3-14(22)8-12-4-5-15-16(9-12)19-11(2)20-17(15)21-7-6-13(18)10-21/h3-5,9,13H,1,6-8,10,18H2,2H3/t13-/m1/s1. The largest absolute Gasteiger partial charge is 0.354 e. The van der Waals surface area contributed by atoms with Crippen LogP contribution in [0.2, 0.25) is 0 Å². The molecule has 2 aromatic rings. The molecule has 0 radical (unpaired) electrons. The highest BCUT2D eigenvalue weighted by Gasteiger charge is 2.22. The molecule has 3 rings (SSSR count). The van der Waals surface area contributed by atoms with Gasteiger partial charge in [-0.25, -0.2) is 9.97 Å². The maximum atomic E-state index is 11.5. The smallest absolute Gasteiger partial charge is 0.159 e. The number of allylic oxidation sites excluding steroid dienone is 1. The third-order valence-corrected chi connectivity index (χ3v) is 3.98. The van der Waals surface area contributed by atoms with Gasteiger partial charge in [0.25, 0.3) is 0 Å². The van der Waals surface area contributed by atoms with Crippen LogP contribution in [0.15, 0.2) is 30.9 Å². The Morgan fingerprint density at radius 1 is 1.50 bits per heavy atom. The van der Waals surface area contributed by atoms with Crippen LogP contribution in [-0.2, 0) is 11.2 Å². The first kappa shape index (κ1) is 14.7. The van der Waals surface area contributed by atoms with Crippen LogP contribution >= 0.6 is 0 Å². The normalized spacial score (nSPS) is 17.9. The van der Waals surface area contributed by atoms with Gasteiger partial charge in [-0.3, -0.25) is 4.79 Å². The van der Waals surface area contributed by atoms with Gasteiger partial charge < -0.3 is 10.6 Å². The summed E-state index contributed by atoms with van der Waals surface area (Å²) in [6.07, 6.45) is 2.69. The summed E-state index contributed by atoms with van der Waals surface area (Å²) < 4.78 is 0. The highest BCUT2D eigenvalue weighted by atomic mass is 16.1. The molecule has 1 saturated heterocycles. The van der Waals surface area contributed by atoms with Crippen LogP contribution in [0.3, 0.4) is 0 Å². The molecular formula is C17H20N4O. The second-order valence-corrected chi connectivity index (χ2v) is 5.79. The lowest BCUT2D eigenvalue weighted by Crippen LogP contribution is -2.27. The predicted octanol–water partition coefficient (Wildman–Crippen LogP) is 1.77. The van der Waals surface area contributed by atoms with Crippen molar-refractivity contribution in [3.05, 3.63) is 42.2 Å². The first-order valence-electron chi connectivity index (χ1n) is 7.50. The minimum atomic E-state index is 0.0101. The van der Waals surface area contributed by atoms with Gasteiger partial charge in [-0.05, 0) is 37.1 Å². The summed E-state index contributed by atoms with van der Waals surface area (Å²) in [6.45, 7) is 7.14. The Bertz CT molecular complexity index is 741. The summed E-state index contributed by atoms with van der Waals surface area (Å²) in [7, 11) is 0. The van der Waals surface area contributed by atoms with Gasteiger partial charge >= 0.3 is 0 Å². The fraction of sp³-hybridized carbons (Fsp3) is 0.353. The van der Waals surface area contributed by atoms with E-state index in [1.54, 1.807) is 0 Å². The number of aryl methyl sites for hydroxylation is 1. The number of anilines is 1. The topological polar surface area (TPSA) is 72.1 Å². The van der Waals surface area contributed by atoms with E-state index in [1.165, 1.54) is 6.08 Å². The maximum Gasteiger partial charge on any atom is 0.159 e. The van der Waals surface area contributed by atoms with Crippen molar-refractivity contribution in [2.75, 3.05) is 18.0 Å². The van der Waals surface area contributed by atoms with Gasteiger partial charge in [-0.15, -0.1) is 0 Å². The van der Waals surface area contributed by atoms with E-state index in [4.69, 9.17) is 5.73 Å². The number of fused-ring (bicyclic) bond motifs is 1. The average molecular weight is 296 g/mol. The van der Waals surface area contributed by atoms with Crippen LogP contribution < -0.4 is 10.6 Å². The molecule has 1 atom stereocenters. The molecule has 0 bridgehead atoms. The lowest BCUT2D eigenvalue weighted by Gasteiger charge is -2.19. The highest BCUT2D eigenvalue weighted by molar-refractivity contribution is 5.93. The van der Waals surface area contributed by atoms with Gasteiger partial charge in [0.15, 0.2) is 5.78 Å². The lowest BCUT2D eigenvalue weighted by molar-refractivity contribution is -0.114. The van der Waals surface area contributed by atoms with Crippen molar-refractivity contribution in [2.24, 2.45) is 5.73 Å². The number of benzene rings is 1. The number of carbonyl (C=O) groups is 1. The predicted molar refractivity (Wildman–Crippen MR) is 88.0 cm³/mol. The first-order valence-corrected chi connectivity index (χ1v) is 7.50. The zero-order chi connectivity index (χ0) is 15.7. The van der Waals surface area contributed by atoms with E-state index < -0.39 is 0 Å². The molecule has 114 valence electrons. The zero-order valence-corrected chi connectivity index (χ0v) is 12.7. The summed E-state index contributed by atoms with van der Waals surface area (Å²) >= 11 is 0. The molecule has 0 amide bonds. The quantitative estimate of drug-likeness (QED) is 0.871. The molecule has 5 heteroatoms. The molecule has 1 fully saturated rings. The van der Waals surface area contributed by atoms with Gasteiger partial charge in [0.05, 0.1) is 5.52 Å². The van der Waals surface area contributed by atoms with Crippen molar-refractivity contribution >= 4 is 22.5 Å². The number of aromatic nitrogens is 2. The van der Waals surface area contributed by atoms with Gasteiger partial charge in [0.1, 0.15) is 11.6 Å². The Hall–Kier alpha value is -2.27. The summed E-state index contributed by atoms with van der Waals surface area (Å²) in [5.74, 6) is 1.68. The average Bonchev–Trinajstić information content (AvgIpc) is 2.92. The third-order valence-electron chi connectivity index (χ3n) is 3.98. The van der Waals surface area contributed by atoms with Gasteiger partial charge in [0.2, 0.25) is 0 Å². The monoisotopic (exact) mass is 296 g/mol. The van der Waals surface area contributed by atoms with E-state index in [1.807, 2.05) is 25.1 Å². The van der Waals surface area contributed by atoms with E-state index in [0.717, 1.165) is 47.6 Å². The minimum absolute atomic E-state index is 0.0101. The van der Waals surface area contributed by atoms with Crippen molar-refractivity contribution < 1.29 is 4.79 Å². The number of ketones is 1. The van der Waals surface area contributed by atoms with E-state index in [9.17, 15) is 4.79 Å². The van der Waals surface area contributed by atoms with Crippen molar-refractivity contribution in [3.63, 3.8) is 0 Å². The van der Waals surface area contributed by atoms with Gasteiger partial charge in [-0.1, -0.05) is 12.6 Å². The van der Waals surface area contributed by atoms with Crippen molar-refractivity contribution in [2.45, 2.75) is 25.8 Å². The Balaban J connectivity index is 2.03. The fourth-order valence-electron chi connectivity index (χ4n) is 2.88. The molecule has 1 aromatic heterocycles. The van der Waals surface area contributed by atoms with Crippen LogP contribution in [0.4, 0.5) is 5.82 Å². The van der Waals surface area contributed by atoms with Gasteiger partial charge in [0, 0.05) is 30.9 Å². The fourth-order valence-corrected chi connectivity index (χ4v) is 2.88. The van der Waals surface area contributed by atoms with Crippen LogP contribution in [0.5, 0.6) is 0 Å². The number of hydrogen-bond acceptors (Lipinski definition) is 5. The molecular weight excluding hydrogens is 276 g/mol. The second kappa shape index (κ2) is 5.85. The maximum absolute atomic E-state index is 11.5. The van der Waals surface area contributed by atoms with E-state index in [0.29, 0.717) is 6.42 Å². The third kappa shape index (κ3) is 2.85. The van der Waals surface area contributed by atoms with E-state index >= 15 is 0 Å². The Morgan fingerprint density at radius 3 is 3.00 bits per heavy atom. The molecule has 0 aliphatic carbocycles. The number of nitrogens with zero attached hydrogens (tertiary/aromatic N) is 3. The molecule has 1 aliphatic rings. The molecule has 2 heterocycles. The highest BCUT2D eigenvalue weighted by Crippen LogP contribution is 2.27. The molecule has 0 unspecified atom stereocenters. The SMILES string of the molecule is C=CC(=O)Cc1ccc2c(N3CC[C@@H](N)C3)nc(C)nc2c1. The Morgan fingerprint density at radius 2 is 2.32 bits per heavy atom. The molecule has 1 aliphatic heterocycles. The first-order chi connectivity index (χ1) is 10.6.